The highest BCUT2D eigenvalue weighted by molar-refractivity contribution is 6.40. The Kier molecular flexibility index (Phi) is 9.56. The van der Waals surface area contributed by atoms with Crippen LogP contribution in [0.15, 0.2) is 54.9 Å². The summed E-state index contributed by atoms with van der Waals surface area (Å²) in [5.41, 5.74) is 1.09. The lowest BCUT2D eigenvalue weighted by molar-refractivity contribution is -0.276. The molecule has 0 radical (unpaired) electrons. The zero-order valence-electron chi connectivity index (χ0n) is 22.8. The van der Waals surface area contributed by atoms with Gasteiger partial charge in [-0.25, -0.2) is 26.9 Å². The number of amides is 1. The van der Waals surface area contributed by atoms with Gasteiger partial charge in [0.1, 0.15) is 10.7 Å². The Morgan fingerprint density at radius 2 is 1.45 bits per heavy atom. The summed E-state index contributed by atoms with van der Waals surface area (Å²) < 4.78 is 82.8. The number of benzene rings is 3. The fourth-order valence-electron chi connectivity index (χ4n) is 4.86. The van der Waals surface area contributed by atoms with Crippen LogP contribution < -0.4 is 5.32 Å². The van der Waals surface area contributed by atoms with Crippen molar-refractivity contribution in [2.75, 3.05) is 0 Å². The molecule has 0 spiro atoms. The lowest BCUT2D eigenvalue weighted by atomic mass is 9.90. The first kappa shape index (κ1) is 31.9. The highest BCUT2D eigenvalue weighted by Crippen LogP contribution is 2.42. The Labute approximate surface area is 258 Å². The molecule has 4 aromatic rings. The molecule has 14 heteroatoms. The van der Waals surface area contributed by atoms with Gasteiger partial charge in [-0.05, 0) is 16.7 Å². The lowest BCUT2D eigenvalue weighted by Gasteiger charge is -2.41. The SMILES string of the molecule is C[C@@H]1[C@H](Cn2cnc(Cl)c2Cl)O[C@H](c2ccc(CNC(=O)c3c(F)c(F)c(F)c(F)c3F)cc2)O[C@@H]1c1ccc(CO)cc1. The van der Waals surface area contributed by atoms with E-state index in [1.807, 2.05) is 19.1 Å². The predicted octanol–water partition coefficient (Wildman–Crippen LogP) is 6.80. The molecule has 2 heterocycles. The van der Waals surface area contributed by atoms with Crippen LogP contribution >= 0.6 is 23.2 Å². The number of hydrogen-bond donors (Lipinski definition) is 2. The maximum Gasteiger partial charge on any atom is 0.257 e. The van der Waals surface area contributed by atoms with Gasteiger partial charge in [0, 0.05) is 18.0 Å². The van der Waals surface area contributed by atoms with E-state index in [0.29, 0.717) is 17.7 Å². The van der Waals surface area contributed by atoms with Crippen LogP contribution in [0.1, 0.15) is 51.9 Å². The molecule has 1 fully saturated rings. The van der Waals surface area contributed by atoms with Crippen molar-refractivity contribution in [2.45, 2.75) is 45.1 Å². The van der Waals surface area contributed by atoms with E-state index in [1.54, 1.807) is 41.0 Å². The second kappa shape index (κ2) is 13.2. The average Bonchev–Trinajstić information content (AvgIpc) is 3.35. The minimum atomic E-state index is -2.35. The molecule has 0 bridgehead atoms. The maximum atomic E-state index is 14.0. The minimum absolute atomic E-state index is 0.107. The molecule has 4 atom stereocenters. The molecular formula is C30H24Cl2F5N3O4. The molecule has 1 amide bonds. The van der Waals surface area contributed by atoms with Crippen LogP contribution in [-0.2, 0) is 29.2 Å². The van der Waals surface area contributed by atoms with Gasteiger partial charge in [0.15, 0.2) is 34.7 Å². The second-order valence-corrected chi connectivity index (χ2v) is 10.9. The average molecular weight is 656 g/mol. The van der Waals surface area contributed by atoms with E-state index in [0.717, 1.165) is 11.1 Å². The van der Waals surface area contributed by atoms with E-state index in [1.165, 1.54) is 6.33 Å². The third kappa shape index (κ3) is 6.31. The molecule has 1 aromatic heterocycles. The van der Waals surface area contributed by atoms with Gasteiger partial charge in [0.05, 0.1) is 31.7 Å². The van der Waals surface area contributed by atoms with Crippen LogP contribution in [0.4, 0.5) is 22.0 Å². The molecule has 1 aliphatic heterocycles. The van der Waals surface area contributed by atoms with Gasteiger partial charge in [-0.2, -0.15) is 0 Å². The number of imidazole rings is 1. The highest BCUT2D eigenvalue weighted by Gasteiger charge is 2.39. The van der Waals surface area contributed by atoms with E-state index in [9.17, 15) is 31.9 Å². The van der Waals surface area contributed by atoms with E-state index in [2.05, 4.69) is 10.3 Å². The summed E-state index contributed by atoms with van der Waals surface area (Å²) in [5.74, 6) is -12.8. The molecule has 3 aromatic carbocycles. The van der Waals surface area contributed by atoms with Crippen molar-refractivity contribution in [3.63, 3.8) is 0 Å². The number of halogens is 7. The molecule has 0 unspecified atom stereocenters. The van der Waals surface area contributed by atoms with Crippen molar-refractivity contribution < 1.29 is 41.3 Å². The Bertz CT molecular complexity index is 1640. The van der Waals surface area contributed by atoms with Crippen LogP contribution in [0.5, 0.6) is 0 Å². The predicted molar refractivity (Wildman–Crippen MR) is 149 cm³/mol. The van der Waals surface area contributed by atoms with Crippen molar-refractivity contribution >= 4 is 29.1 Å². The van der Waals surface area contributed by atoms with E-state index >= 15 is 0 Å². The lowest BCUT2D eigenvalue weighted by Crippen LogP contribution is -2.39. The van der Waals surface area contributed by atoms with Gasteiger partial charge in [-0.3, -0.25) is 4.79 Å². The molecule has 7 nitrogen and oxygen atoms in total. The molecule has 0 saturated carbocycles. The number of ether oxygens (including phenoxy) is 2. The van der Waals surface area contributed by atoms with Gasteiger partial charge in [-0.15, -0.1) is 0 Å². The topological polar surface area (TPSA) is 85.6 Å². The Balaban J connectivity index is 1.34. The molecule has 232 valence electrons. The van der Waals surface area contributed by atoms with Gasteiger partial charge >= 0.3 is 0 Å². The summed E-state index contributed by atoms with van der Waals surface area (Å²) in [5, 5.41) is 12.0. The van der Waals surface area contributed by atoms with E-state index < -0.39 is 59.1 Å². The molecule has 1 saturated heterocycles. The quantitative estimate of drug-likeness (QED) is 0.124. The maximum absolute atomic E-state index is 14.0. The summed E-state index contributed by atoms with van der Waals surface area (Å²) in [4.78, 5) is 16.3. The third-order valence-electron chi connectivity index (χ3n) is 7.37. The van der Waals surface area contributed by atoms with Crippen LogP contribution in [0.25, 0.3) is 0 Å². The first-order valence-corrected chi connectivity index (χ1v) is 14.0. The standard InChI is InChI=1S/C30H24Cl2F5N3O4/c1-14-19(11-40-13-39-27(31)28(40)32)43-30(44-26(14)17-6-4-16(12-41)5-7-17)18-8-2-15(3-9-18)10-38-29(42)20-21(33)23(35)25(37)24(36)22(20)34/h2-9,13-14,19,26,30,41H,10-12H2,1H3,(H,38,42)/t14-,19+,26+,30+/m1/s1. The molecule has 0 aliphatic carbocycles. The molecular weight excluding hydrogens is 632 g/mol. The number of rotatable bonds is 8. The molecule has 5 rings (SSSR count). The summed E-state index contributed by atoms with van der Waals surface area (Å²) in [6.45, 7) is 1.90. The number of carbonyl (C=O) groups is 1. The van der Waals surface area contributed by atoms with Crippen molar-refractivity contribution in [1.29, 1.82) is 0 Å². The summed E-state index contributed by atoms with van der Waals surface area (Å²) in [6, 6.07) is 13.8. The number of aliphatic hydroxyl groups excluding tert-OH is 1. The van der Waals surface area contributed by atoms with Gasteiger partial charge < -0.3 is 24.5 Å². The fourth-order valence-corrected chi connectivity index (χ4v) is 5.17. The minimum Gasteiger partial charge on any atom is -0.392 e. The van der Waals surface area contributed by atoms with Crippen LogP contribution in [0.3, 0.4) is 0 Å². The zero-order valence-corrected chi connectivity index (χ0v) is 24.4. The van der Waals surface area contributed by atoms with Crippen molar-refractivity contribution in [2.24, 2.45) is 5.92 Å². The monoisotopic (exact) mass is 655 g/mol. The van der Waals surface area contributed by atoms with Crippen molar-refractivity contribution in [3.8, 4) is 0 Å². The molecule has 2 N–H and O–H groups in total. The molecule has 1 aliphatic rings. The number of hydrogen-bond acceptors (Lipinski definition) is 5. The van der Waals surface area contributed by atoms with E-state index in [-0.39, 0.29) is 29.4 Å². The number of nitrogens with zero attached hydrogens (tertiary/aromatic N) is 2. The number of aliphatic hydroxyl groups is 1. The summed E-state index contributed by atoms with van der Waals surface area (Å²) in [6.07, 6.45) is -0.191. The normalized spacial score (nSPS) is 20.1. The Morgan fingerprint density at radius 3 is 2.02 bits per heavy atom. The second-order valence-electron chi connectivity index (χ2n) is 10.2. The Morgan fingerprint density at radius 1 is 0.886 bits per heavy atom. The number of nitrogens with one attached hydrogen (secondary N) is 1. The number of aromatic nitrogens is 2. The van der Waals surface area contributed by atoms with Gasteiger partial charge in [0.2, 0.25) is 5.82 Å². The van der Waals surface area contributed by atoms with E-state index in [4.69, 9.17) is 32.7 Å². The first-order chi connectivity index (χ1) is 21.0. The smallest absolute Gasteiger partial charge is 0.257 e. The zero-order chi connectivity index (χ0) is 31.7. The van der Waals surface area contributed by atoms with Crippen LogP contribution in [-0.4, -0.2) is 26.7 Å². The van der Waals surface area contributed by atoms with Gasteiger partial charge in [0.25, 0.3) is 5.91 Å². The third-order valence-corrected chi connectivity index (χ3v) is 8.14. The van der Waals surface area contributed by atoms with Gasteiger partial charge in [-0.1, -0.05) is 78.7 Å². The summed E-state index contributed by atoms with van der Waals surface area (Å²) >= 11 is 12.3. The first-order valence-electron chi connectivity index (χ1n) is 13.2. The van der Waals surface area contributed by atoms with Crippen LogP contribution in [0.2, 0.25) is 10.3 Å². The largest absolute Gasteiger partial charge is 0.392 e. The summed E-state index contributed by atoms with van der Waals surface area (Å²) in [7, 11) is 0. The fraction of sp³-hybridized carbons (Fsp3) is 0.267. The van der Waals surface area contributed by atoms with Crippen LogP contribution in [0, 0.1) is 35.0 Å². The Hall–Kier alpha value is -3.55. The van der Waals surface area contributed by atoms with Crippen molar-refractivity contribution in [1.82, 2.24) is 14.9 Å². The van der Waals surface area contributed by atoms with Crippen molar-refractivity contribution in [3.05, 3.63) is 122 Å². The highest BCUT2D eigenvalue weighted by atomic mass is 35.5. The number of carbonyl (C=O) groups excluding carboxylic acids is 1. The molecule has 44 heavy (non-hydrogen) atoms.